The summed E-state index contributed by atoms with van der Waals surface area (Å²) in [6.45, 7) is 13.7. The molecule has 0 radical (unpaired) electrons. The second kappa shape index (κ2) is 12.0. The number of guanidine groups is 1. The SMILES string of the molecule is CCNC(=NCCCOCC)NCCN(C)C(=O)OC(C)(C)C. The Bertz CT molecular complexity index is 354. The number of hydrogen-bond acceptors (Lipinski definition) is 4. The first kappa shape index (κ1) is 21.5. The molecule has 1 amide bonds. The van der Waals surface area contributed by atoms with Gasteiger partial charge in [0.05, 0.1) is 0 Å². The normalized spacial score (nSPS) is 12.0. The van der Waals surface area contributed by atoms with Crippen LogP contribution >= 0.6 is 0 Å². The first-order valence-electron chi connectivity index (χ1n) is 8.34. The summed E-state index contributed by atoms with van der Waals surface area (Å²) >= 11 is 0. The molecule has 7 heteroatoms. The number of hydrogen-bond donors (Lipinski definition) is 2. The van der Waals surface area contributed by atoms with Crippen LogP contribution in [0.25, 0.3) is 0 Å². The molecule has 136 valence electrons. The fourth-order valence-corrected chi connectivity index (χ4v) is 1.62. The van der Waals surface area contributed by atoms with Crippen LogP contribution in [0.5, 0.6) is 0 Å². The molecule has 0 aromatic carbocycles. The third kappa shape index (κ3) is 12.7. The summed E-state index contributed by atoms with van der Waals surface area (Å²) in [4.78, 5) is 17.9. The molecule has 0 aliphatic carbocycles. The van der Waals surface area contributed by atoms with Gasteiger partial charge in [-0.1, -0.05) is 0 Å². The van der Waals surface area contributed by atoms with E-state index in [1.807, 2.05) is 34.6 Å². The molecule has 2 N–H and O–H groups in total. The number of likely N-dealkylation sites (N-methyl/N-ethyl adjacent to an activating group) is 1. The highest BCUT2D eigenvalue weighted by molar-refractivity contribution is 5.79. The summed E-state index contributed by atoms with van der Waals surface area (Å²) in [5, 5.41) is 6.39. The maximum atomic E-state index is 11.8. The Hall–Kier alpha value is -1.50. The van der Waals surface area contributed by atoms with Gasteiger partial charge in [0.15, 0.2) is 5.96 Å². The minimum Gasteiger partial charge on any atom is -0.444 e. The lowest BCUT2D eigenvalue weighted by Gasteiger charge is -2.24. The van der Waals surface area contributed by atoms with Crippen LogP contribution in [0.3, 0.4) is 0 Å². The maximum Gasteiger partial charge on any atom is 0.410 e. The van der Waals surface area contributed by atoms with Crippen molar-refractivity contribution in [2.45, 2.75) is 46.6 Å². The molecular weight excluding hydrogens is 296 g/mol. The van der Waals surface area contributed by atoms with E-state index in [1.165, 1.54) is 0 Å². The molecule has 0 aliphatic heterocycles. The van der Waals surface area contributed by atoms with Crippen molar-refractivity contribution in [1.82, 2.24) is 15.5 Å². The highest BCUT2D eigenvalue weighted by atomic mass is 16.6. The predicted octanol–water partition coefficient (Wildman–Crippen LogP) is 1.83. The topological polar surface area (TPSA) is 75.2 Å². The van der Waals surface area contributed by atoms with Crippen LogP contribution in [0.1, 0.15) is 41.0 Å². The quantitative estimate of drug-likeness (QED) is 0.383. The van der Waals surface area contributed by atoms with Gasteiger partial charge in [-0.25, -0.2) is 4.79 Å². The van der Waals surface area contributed by atoms with E-state index in [1.54, 1.807) is 11.9 Å². The Labute approximate surface area is 140 Å². The van der Waals surface area contributed by atoms with E-state index in [4.69, 9.17) is 9.47 Å². The summed E-state index contributed by atoms with van der Waals surface area (Å²) in [5.74, 6) is 0.751. The first-order chi connectivity index (χ1) is 10.8. The Kier molecular flexibility index (Phi) is 11.2. The standard InChI is InChI=1S/C16H34N4O3/c1-7-17-14(18-10-9-13-22-8-2)19-11-12-20(6)15(21)23-16(3,4)5/h7-13H2,1-6H3,(H2,17,18,19). The second-order valence-electron chi connectivity index (χ2n) is 6.14. The number of rotatable bonds is 9. The monoisotopic (exact) mass is 330 g/mol. The Balaban J connectivity index is 4.11. The molecule has 0 aliphatic rings. The van der Waals surface area contributed by atoms with Gasteiger partial charge in [0.1, 0.15) is 5.60 Å². The predicted molar refractivity (Wildman–Crippen MR) is 94.0 cm³/mol. The minimum absolute atomic E-state index is 0.321. The van der Waals surface area contributed by atoms with Crippen LogP contribution in [-0.2, 0) is 9.47 Å². The van der Waals surface area contributed by atoms with Gasteiger partial charge in [0.25, 0.3) is 0 Å². The molecule has 0 spiro atoms. The number of amides is 1. The molecule has 0 aromatic rings. The molecule has 0 saturated carbocycles. The van der Waals surface area contributed by atoms with Crippen molar-refractivity contribution in [3.05, 3.63) is 0 Å². The lowest BCUT2D eigenvalue weighted by Crippen LogP contribution is -2.43. The minimum atomic E-state index is -0.476. The molecule has 0 fully saturated rings. The van der Waals surface area contributed by atoms with Crippen molar-refractivity contribution >= 4 is 12.1 Å². The Morgan fingerprint density at radius 2 is 1.91 bits per heavy atom. The number of carbonyl (C=O) groups is 1. The van der Waals surface area contributed by atoms with E-state index in [2.05, 4.69) is 15.6 Å². The Morgan fingerprint density at radius 1 is 1.22 bits per heavy atom. The number of aliphatic imine (C=N–C) groups is 1. The third-order valence-electron chi connectivity index (χ3n) is 2.71. The molecule has 0 unspecified atom stereocenters. The zero-order valence-electron chi connectivity index (χ0n) is 15.6. The number of carbonyl (C=O) groups excluding carboxylic acids is 1. The van der Waals surface area contributed by atoms with Gasteiger partial charge in [0.2, 0.25) is 0 Å². The Morgan fingerprint density at radius 3 is 2.48 bits per heavy atom. The van der Waals surface area contributed by atoms with Crippen molar-refractivity contribution in [2.75, 3.05) is 46.4 Å². The third-order valence-corrected chi connectivity index (χ3v) is 2.71. The molecule has 0 atom stereocenters. The van der Waals surface area contributed by atoms with Gasteiger partial charge in [-0.15, -0.1) is 0 Å². The molecule has 23 heavy (non-hydrogen) atoms. The van der Waals surface area contributed by atoms with Crippen LogP contribution < -0.4 is 10.6 Å². The van der Waals surface area contributed by atoms with E-state index in [9.17, 15) is 4.79 Å². The number of ether oxygens (including phenoxy) is 2. The van der Waals surface area contributed by atoms with Crippen LogP contribution in [0.4, 0.5) is 4.79 Å². The maximum absolute atomic E-state index is 11.8. The van der Waals surface area contributed by atoms with E-state index in [0.29, 0.717) is 19.6 Å². The van der Waals surface area contributed by atoms with E-state index < -0.39 is 5.60 Å². The molecule has 0 saturated heterocycles. The highest BCUT2D eigenvalue weighted by Crippen LogP contribution is 2.08. The summed E-state index contributed by atoms with van der Waals surface area (Å²) in [6, 6.07) is 0. The lowest BCUT2D eigenvalue weighted by atomic mass is 10.2. The van der Waals surface area contributed by atoms with Gasteiger partial charge in [0, 0.05) is 46.4 Å². The van der Waals surface area contributed by atoms with E-state index in [0.717, 1.165) is 32.1 Å². The van der Waals surface area contributed by atoms with Crippen molar-refractivity contribution in [1.29, 1.82) is 0 Å². The van der Waals surface area contributed by atoms with E-state index >= 15 is 0 Å². The molecule has 0 rings (SSSR count). The van der Waals surface area contributed by atoms with Crippen LogP contribution in [-0.4, -0.2) is 69.0 Å². The molecule has 0 heterocycles. The molecule has 0 bridgehead atoms. The second-order valence-corrected chi connectivity index (χ2v) is 6.14. The van der Waals surface area contributed by atoms with Gasteiger partial charge < -0.3 is 25.0 Å². The van der Waals surface area contributed by atoms with Crippen LogP contribution in [0.2, 0.25) is 0 Å². The van der Waals surface area contributed by atoms with Gasteiger partial charge in [-0.2, -0.15) is 0 Å². The van der Waals surface area contributed by atoms with Crippen LogP contribution in [0.15, 0.2) is 4.99 Å². The zero-order valence-corrected chi connectivity index (χ0v) is 15.6. The summed E-state index contributed by atoms with van der Waals surface area (Å²) in [6.07, 6.45) is 0.570. The smallest absolute Gasteiger partial charge is 0.410 e. The molecular formula is C16H34N4O3. The van der Waals surface area contributed by atoms with Crippen molar-refractivity contribution in [3.8, 4) is 0 Å². The molecule has 0 aromatic heterocycles. The van der Waals surface area contributed by atoms with Crippen LogP contribution in [0, 0.1) is 0 Å². The lowest BCUT2D eigenvalue weighted by molar-refractivity contribution is 0.0302. The summed E-state index contributed by atoms with van der Waals surface area (Å²) < 4.78 is 10.6. The summed E-state index contributed by atoms with van der Waals surface area (Å²) in [7, 11) is 1.72. The zero-order chi connectivity index (χ0) is 17.7. The number of nitrogens with zero attached hydrogens (tertiary/aromatic N) is 2. The van der Waals surface area contributed by atoms with Crippen molar-refractivity contribution in [3.63, 3.8) is 0 Å². The van der Waals surface area contributed by atoms with E-state index in [-0.39, 0.29) is 6.09 Å². The van der Waals surface area contributed by atoms with Crippen molar-refractivity contribution in [2.24, 2.45) is 4.99 Å². The largest absolute Gasteiger partial charge is 0.444 e. The fraction of sp³-hybridized carbons (Fsp3) is 0.875. The van der Waals surface area contributed by atoms with Gasteiger partial charge in [-0.05, 0) is 41.0 Å². The van der Waals surface area contributed by atoms with Gasteiger partial charge >= 0.3 is 6.09 Å². The summed E-state index contributed by atoms with van der Waals surface area (Å²) in [5.41, 5.74) is -0.476. The highest BCUT2D eigenvalue weighted by Gasteiger charge is 2.19. The average Bonchev–Trinajstić information content (AvgIpc) is 2.45. The first-order valence-corrected chi connectivity index (χ1v) is 8.34. The average molecular weight is 330 g/mol. The fourth-order valence-electron chi connectivity index (χ4n) is 1.62. The number of nitrogens with one attached hydrogen (secondary N) is 2. The molecule has 7 nitrogen and oxygen atoms in total. The van der Waals surface area contributed by atoms with Gasteiger partial charge in [-0.3, -0.25) is 4.99 Å². The van der Waals surface area contributed by atoms with Crippen molar-refractivity contribution < 1.29 is 14.3 Å².